The van der Waals surface area contributed by atoms with E-state index in [0.29, 0.717) is 13.1 Å². The van der Waals surface area contributed by atoms with Gasteiger partial charge >= 0.3 is 0 Å². The summed E-state index contributed by atoms with van der Waals surface area (Å²) in [6.07, 6.45) is 4.03. The first-order chi connectivity index (χ1) is 9.19. The molecule has 0 atom stereocenters. The summed E-state index contributed by atoms with van der Waals surface area (Å²) in [6.45, 7) is 5.25. The molecule has 5 nitrogen and oxygen atoms in total. The number of hydrogen-bond donors (Lipinski definition) is 1. The quantitative estimate of drug-likeness (QED) is 0.774. The number of rotatable bonds is 3. The molecule has 0 unspecified atom stereocenters. The highest BCUT2D eigenvalue weighted by Gasteiger charge is 2.11. The van der Waals surface area contributed by atoms with Gasteiger partial charge in [0.1, 0.15) is 5.65 Å². The molecule has 3 aromatic rings. The second kappa shape index (κ2) is 4.51. The van der Waals surface area contributed by atoms with Crippen molar-refractivity contribution < 1.29 is 0 Å². The average Bonchev–Trinajstić information content (AvgIpc) is 2.91. The first kappa shape index (κ1) is 11.9. The molecule has 0 spiro atoms. The number of nitrogens with zero attached hydrogens (tertiary/aromatic N) is 4. The van der Waals surface area contributed by atoms with E-state index in [0.717, 1.165) is 28.3 Å². The van der Waals surface area contributed by atoms with E-state index in [4.69, 9.17) is 5.73 Å². The van der Waals surface area contributed by atoms with Crippen molar-refractivity contribution in [2.75, 3.05) is 0 Å². The van der Waals surface area contributed by atoms with Crippen LogP contribution in [0.2, 0.25) is 0 Å². The van der Waals surface area contributed by atoms with Crippen molar-refractivity contribution in [2.24, 2.45) is 5.73 Å². The second-order valence-electron chi connectivity index (χ2n) is 4.71. The molecule has 3 heterocycles. The molecule has 5 heteroatoms. The third-order valence-corrected chi connectivity index (χ3v) is 3.46. The van der Waals surface area contributed by atoms with Gasteiger partial charge in [-0.2, -0.15) is 5.10 Å². The van der Waals surface area contributed by atoms with Gasteiger partial charge in [0.15, 0.2) is 0 Å². The molecule has 0 aliphatic carbocycles. The average molecular weight is 255 g/mol. The SMILES string of the molecule is Cc1nn(Cc2cn3ccccc3n2)c(C)c1CN. The molecule has 0 aliphatic heterocycles. The Kier molecular flexibility index (Phi) is 2.83. The van der Waals surface area contributed by atoms with Crippen molar-refractivity contribution in [2.45, 2.75) is 26.9 Å². The van der Waals surface area contributed by atoms with Crippen molar-refractivity contribution in [1.82, 2.24) is 19.2 Å². The maximum absolute atomic E-state index is 5.75. The fraction of sp³-hybridized carbons (Fsp3) is 0.286. The Bertz CT molecular complexity index is 690. The minimum atomic E-state index is 0.531. The van der Waals surface area contributed by atoms with Gasteiger partial charge in [0.25, 0.3) is 0 Å². The van der Waals surface area contributed by atoms with Crippen LogP contribution in [-0.2, 0) is 13.1 Å². The standard InChI is InChI=1S/C14H17N5/c1-10-13(7-15)11(2)19(17-10)9-12-8-18-6-4-3-5-14(18)16-12/h3-6,8H,7,9,15H2,1-2H3. The number of fused-ring (bicyclic) bond motifs is 1. The van der Waals surface area contributed by atoms with Gasteiger partial charge < -0.3 is 10.1 Å². The molecule has 0 amide bonds. The lowest BCUT2D eigenvalue weighted by Gasteiger charge is -2.02. The fourth-order valence-electron chi connectivity index (χ4n) is 2.40. The Morgan fingerprint density at radius 3 is 2.79 bits per heavy atom. The molecule has 19 heavy (non-hydrogen) atoms. The van der Waals surface area contributed by atoms with Gasteiger partial charge in [0, 0.05) is 30.2 Å². The Labute approximate surface area is 111 Å². The Balaban J connectivity index is 1.96. The molecule has 0 radical (unpaired) electrons. The first-order valence-corrected chi connectivity index (χ1v) is 6.34. The van der Waals surface area contributed by atoms with Gasteiger partial charge in [-0.15, -0.1) is 0 Å². The van der Waals surface area contributed by atoms with E-state index in [1.54, 1.807) is 0 Å². The normalized spacial score (nSPS) is 11.3. The van der Waals surface area contributed by atoms with Gasteiger partial charge in [-0.25, -0.2) is 4.98 Å². The predicted molar refractivity (Wildman–Crippen MR) is 73.9 cm³/mol. The monoisotopic (exact) mass is 255 g/mol. The number of nitrogens with two attached hydrogens (primary N) is 1. The van der Waals surface area contributed by atoms with Gasteiger partial charge in [-0.1, -0.05) is 6.07 Å². The van der Waals surface area contributed by atoms with Crippen molar-refractivity contribution in [3.63, 3.8) is 0 Å². The van der Waals surface area contributed by atoms with E-state index in [2.05, 4.69) is 17.0 Å². The number of pyridine rings is 1. The molecule has 98 valence electrons. The number of hydrogen-bond acceptors (Lipinski definition) is 3. The zero-order chi connectivity index (χ0) is 13.4. The van der Waals surface area contributed by atoms with Crippen molar-refractivity contribution in [3.8, 4) is 0 Å². The molecular weight excluding hydrogens is 238 g/mol. The van der Waals surface area contributed by atoms with Crippen molar-refractivity contribution in [1.29, 1.82) is 0 Å². The highest BCUT2D eigenvalue weighted by atomic mass is 15.3. The lowest BCUT2D eigenvalue weighted by Crippen LogP contribution is -2.05. The Morgan fingerprint density at radius 2 is 2.11 bits per heavy atom. The maximum atomic E-state index is 5.75. The lowest BCUT2D eigenvalue weighted by molar-refractivity contribution is 0.648. The van der Waals surface area contributed by atoms with E-state index < -0.39 is 0 Å². The van der Waals surface area contributed by atoms with Crippen molar-refractivity contribution >= 4 is 5.65 Å². The van der Waals surface area contributed by atoms with Crippen LogP contribution < -0.4 is 5.73 Å². The zero-order valence-electron chi connectivity index (χ0n) is 11.2. The van der Waals surface area contributed by atoms with Crippen LogP contribution in [0, 0.1) is 13.8 Å². The summed E-state index contributed by atoms with van der Waals surface area (Å²) >= 11 is 0. The van der Waals surface area contributed by atoms with Crippen LogP contribution in [-0.4, -0.2) is 19.2 Å². The summed E-state index contributed by atoms with van der Waals surface area (Å²) in [4.78, 5) is 4.58. The van der Waals surface area contributed by atoms with Crippen molar-refractivity contribution in [3.05, 3.63) is 53.2 Å². The van der Waals surface area contributed by atoms with Crippen LogP contribution in [0.4, 0.5) is 0 Å². The highest BCUT2D eigenvalue weighted by Crippen LogP contribution is 2.14. The summed E-state index contributed by atoms with van der Waals surface area (Å²) in [5.74, 6) is 0. The van der Waals surface area contributed by atoms with E-state index in [9.17, 15) is 0 Å². The molecule has 0 bridgehead atoms. The van der Waals surface area contributed by atoms with Crippen LogP contribution in [0.15, 0.2) is 30.6 Å². The largest absolute Gasteiger partial charge is 0.326 e. The highest BCUT2D eigenvalue weighted by molar-refractivity contribution is 5.39. The second-order valence-corrected chi connectivity index (χ2v) is 4.71. The molecule has 0 aromatic carbocycles. The molecular formula is C14H17N5. The fourth-order valence-corrected chi connectivity index (χ4v) is 2.40. The van der Waals surface area contributed by atoms with E-state index in [1.807, 2.05) is 46.6 Å². The zero-order valence-corrected chi connectivity index (χ0v) is 11.2. The van der Waals surface area contributed by atoms with Crippen LogP contribution in [0.25, 0.3) is 5.65 Å². The van der Waals surface area contributed by atoms with Gasteiger partial charge in [0.05, 0.1) is 17.9 Å². The number of aromatic nitrogens is 4. The minimum Gasteiger partial charge on any atom is -0.326 e. The molecule has 0 fully saturated rings. The summed E-state index contributed by atoms with van der Waals surface area (Å²) < 4.78 is 3.99. The number of aryl methyl sites for hydroxylation is 1. The maximum Gasteiger partial charge on any atom is 0.137 e. The summed E-state index contributed by atoms with van der Waals surface area (Å²) in [6, 6.07) is 5.98. The molecule has 3 aromatic heterocycles. The van der Waals surface area contributed by atoms with Crippen LogP contribution in [0.1, 0.15) is 22.6 Å². The lowest BCUT2D eigenvalue weighted by atomic mass is 10.2. The molecule has 3 rings (SSSR count). The Hall–Kier alpha value is -2.14. The van der Waals surface area contributed by atoms with Crippen LogP contribution in [0.5, 0.6) is 0 Å². The van der Waals surface area contributed by atoms with E-state index in [-0.39, 0.29) is 0 Å². The summed E-state index contributed by atoms with van der Waals surface area (Å²) in [5, 5.41) is 4.53. The molecule has 2 N–H and O–H groups in total. The first-order valence-electron chi connectivity index (χ1n) is 6.34. The van der Waals surface area contributed by atoms with E-state index in [1.165, 1.54) is 0 Å². The minimum absolute atomic E-state index is 0.531. The summed E-state index contributed by atoms with van der Waals surface area (Å²) in [5.41, 5.74) is 11.0. The third kappa shape index (κ3) is 2.02. The molecule has 0 saturated carbocycles. The molecule has 0 aliphatic rings. The van der Waals surface area contributed by atoms with Crippen LogP contribution in [0.3, 0.4) is 0 Å². The van der Waals surface area contributed by atoms with Gasteiger partial charge in [-0.05, 0) is 26.0 Å². The Morgan fingerprint density at radius 1 is 1.26 bits per heavy atom. The van der Waals surface area contributed by atoms with Gasteiger partial charge in [-0.3, -0.25) is 4.68 Å². The molecule has 0 saturated heterocycles. The summed E-state index contributed by atoms with van der Waals surface area (Å²) in [7, 11) is 0. The smallest absolute Gasteiger partial charge is 0.137 e. The van der Waals surface area contributed by atoms with Gasteiger partial charge in [0.2, 0.25) is 0 Å². The predicted octanol–water partition coefficient (Wildman–Crippen LogP) is 1.65. The third-order valence-electron chi connectivity index (χ3n) is 3.46. The van der Waals surface area contributed by atoms with Crippen LogP contribution >= 0.6 is 0 Å². The number of imidazole rings is 1. The van der Waals surface area contributed by atoms with E-state index >= 15 is 0 Å². The topological polar surface area (TPSA) is 61.1 Å².